The predicted molar refractivity (Wildman–Crippen MR) is 87.7 cm³/mol. The lowest BCUT2D eigenvalue weighted by Crippen LogP contribution is -2.41. The number of allylic oxidation sites excluding steroid dienone is 1. The van der Waals surface area contributed by atoms with Gasteiger partial charge in [-0.05, 0) is 43.0 Å². The number of amides is 1. The van der Waals surface area contributed by atoms with Gasteiger partial charge in [-0.2, -0.15) is 0 Å². The van der Waals surface area contributed by atoms with E-state index in [1.165, 1.54) is 0 Å². The van der Waals surface area contributed by atoms with Crippen LogP contribution < -0.4 is 4.74 Å². The first kappa shape index (κ1) is 16.6. The summed E-state index contributed by atoms with van der Waals surface area (Å²) in [6.07, 6.45) is 5.27. The molecule has 2 rings (SSSR count). The van der Waals surface area contributed by atoms with Gasteiger partial charge in [0, 0.05) is 19.7 Å². The van der Waals surface area contributed by atoms with Crippen molar-refractivity contribution in [2.75, 3.05) is 20.7 Å². The summed E-state index contributed by atoms with van der Waals surface area (Å²) >= 11 is 0. The molecule has 1 fully saturated rings. The summed E-state index contributed by atoms with van der Waals surface area (Å²) in [6.45, 7) is 2.32. The van der Waals surface area contributed by atoms with Gasteiger partial charge < -0.3 is 14.7 Å². The maximum absolute atomic E-state index is 12.3. The van der Waals surface area contributed by atoms with E-state index < -0.39 is 5.60 Å². The van der Waals surface area contributed by atoms with Gasteiger partial charge in [0.05, 0.1) is 12.7 Å². The fourth-order valence-electron chi connectivity index (χ4n) is 2.94. The zero-order chi connectivity index (χ0) is 16.2. The Hall–Kier alpha value is -1.81. The molecule has 0 bridgehead atoms. The van der Waals surface area contributed by atoms with Crippen molar-refractivity contribution in [2.45, 2.75) is 38.2 Å². The van der Waals surface area contributed by atoms with Crippen molar-refractivity contribution >= 4 is 11.5 Å². The van der Waals surface area contributed by atoms with Crippen molar-refractivity contribution in [3.8, 4) is 5.75 Å². The van der Waals surface area contributed by atoms with Gasteiger partial charge in [0.25, 0.3) is 0 Å². The molecular weight excluding hydrogens is 278 g/mol. The molecule has 1 amide bonds. The van der Waals surface area contributed by atoms with E-state index in [1.54, 1.807) is 25.1 Å². The molecule has 0 atom stereocenters. The molecule has 0 saturated heterocycles. The first-order chi connectivity index (χ1) is 10.4. The van der Waals surface area contributed by atoms with E-state index in [0.717, 1.165) is 42.6 Å². The SMILES string of the molecule is COc1ccc(/C(C)=C/C(=O)N(C)CC2(O)CCCC2)cc1. The molecule has 4 heteroatoms. The van der Waals surface area contributed by atoms with E-state index in [9.17, 15) is 9.90 Å². The molecule has 1 aliphatic rings. The van der Waals surface area contributed by atoms with Crippen molar-refractivity contribution < 1.29 is 14.6 Å². The van der Waals surface area contributed by atoms with Crippen LogP contribution in [0.4, 0.5) is 0 Å². The van der Waals surface area contributed by atoms with Gasteiger partial charge in [-0.15, -0.1) is 0 Å². The quantitative estimate of drug-likeness (QED) is 0.851. The van der Waals surface area contributed by atoms with Crippen LogP contribution in [0, 0.1) is 0 Å². The maximum atomic E-state index is 12.3. The molecule has 0 unspecified atom stereocenters. The first-order valence-corrected chi connectivity index (χ1v) is 7.74. The average Bonchev–Trinajstić information content (AvgIpc) is 2.93. The molecule has 1 aromatic carbocycles. The smallest absolute Gasteiger partial charge is 0.246 e. The topological polar surface area (TPSA) is 49.8 Å². The van der Waals surface area contributed by atoms with E-state index in [1.807, 2.05) is 31.2 Å². The lowest BCUT2D eigenvalue weighted by atomic mass is 10.0. The summed E-state index contributed by atoms with van der Waals surface area (Å²) < 4.78 is 5.13. The van der Waals surface area contributed by atoms with Gasteiger partial charge in [-0.1, -0.05) is 25.0 Å². The Labute approximate surface area is 132 Å². The molecule has 0 aliphatic heterocycles. The lowest BCUT2D eigenvalue weighted by Gasteiger charge is -2.28. The Kier molecular flexibility index (Phi) is 5.24. The molecule has 0 spiro atoms. The lowest BCUT2D eigenvalue weighted by molar-refractivity contribution is -0.127. The highest BCUT2D eigenvalue weighted by molar-refractivity contribution is 5.94. The molecule has 0 aromatic heterocycles. The number of aliphatic hydroxyl groups is 1. The van der Waals surface area contributed by atoms with Gasteiger partial charge in [-0.25, -0.2) is 0 Å². The van der Waals surface area contributed by atoms with Crippen LogP contribution in [0.3, 0.4) is 0 Å². The van der Waals surface area contributed by atoms with Crippen molar-refractivity contribution in [1.82, 2.24) is 4.90 Å². The Balaban J connectivity index is 2.01. The maximum Gasteiger partial charge on any atom is 0.246 e. The first-order valence-electron chi connectivity index (χ1n) is 7.74. The van der Waals surface area contributed by atoms with Gasteiger partial charge in [0.1, 0.15) is 5.75 Å². The number of hydrogen-bond donors (Lipinski definition) is 1. The summed E-state index contributed by atoms with van der Waals surface area (Å²) in [6, 6.07) is 7.62. The second kappa shape index (κ2) is 6.97. The second-order valence-corrected chi connectivity index (χ2v) is 6.18. The van der Waals surface area contributed by atoms with Gasteiger partial charge in [-0.3, -0.25) is 4.79 Å². The minimum atomic E-state index is -0.702. The van der Waals surface area contributed by atoms with Crippen LogP contribution in [-0.2, 0) is 4.79 Å². The van der Waals surface area contributed by atoms with E-state index in [-0.39, 0.29) is 5.91 Å². The number of ether oxygens (including phenoxy) is 1. The predicted octanol–water partition coefficient (Wildman–Crippen LogP) is 2.86. The second-order valence-electron chi connectivity index (χ2n) is 6.18. The fourth-order valence-corrected chi connectivity index (χ4v) is 2.94. The van der Waals surface area contributed by atoms with Crippen LogP contribution in [0.1, 0.15) is 38.2 Å². The van der Waals surface area contributed by atoms with Gasteiger partial charge in [0.15, 0.2) is 0 Å². The van der Waals surface area contributed by atoms with Crippen LogP contribution in [0.15, 0.2) is 30.3 Å². The minimum absolute atomic E-state index is 0.0753. The number of carbonyl (C=O) groups is 1. The Morgan fingerprint density at radius 3 is 2.45 bits per heavy atom. The molecule has 22 heavy (non-hydrogen) atoms. The number of benzene rings is 1. The molecule has 0 radical (unpaired) electrons. The van der Waals surface area contributed by atoms with E-state index in [0.29, 0.717) is 6.54 Å². The zero-order valence-electron chi connectivity index (χ0n) is 13.6. The fraction of sp³-hybridized carbons (Fsp3) is 0.500. The standard InChI is InChI=1S/C18H25NO3/c1-14(15-6-8-16(22-3)9-7-15)12-17(20)19(2)13-18(21)10-4-5-11-18/h6-9,12,21H,4-5,10-11,13H2,1-3H3/b14-12+. The largest absolute Gasteiger partial charge is 0.497 e. The highest BCUT2D eigenvalue weighted by atomic mass is 16.5. The molecular formula is C18H25NO3. The van der Waals surface area contributed by atoms with E-state index >= 15 is 0 Å². The van der Waals surface area contributed by atoms with E-state index in [4.69, 9.17) is 4.74 Å². The molecule has 1 saturated carbocycles. The number of hydrogen-bond acceptors (Lipinski definition) is 3. The Morgan fingerprint density at radius 1 is 1.32 bits per heavy atom. The number of methoxy groups -OCH3 is 1. The number of nitrogens with zero attached hydrogens (tertiary/aromatic N) is 1. The zero-order valence-corrected chi connectivity index (χ0v) is 13.6. The monoisotopic (exact) mass is 303 g/mol. The Morgan fingerprint density at radius 2 is 1.91 bits per heavy atom. The van der Waals surface area contributed by atoms with Gasteiger partial charge >= 0.3 is 0 Å². The Bertz CT molecular complexity index is 542. The van der Waals surface area contributed by atoms with Crippen molar-refractivity contribution in [3.05, 3.63) is 35.9 Å². The van der Waals surface area contributed by atoms with Crippen molar-refractivity contribution in [3.63, 3.8) is 0 Å². The van der Waals surface area contributed by atoms with Crippen LogP contribution in [0.2, 0.25) is 0 Å². The third-order valence-electron chi connectivity index (χ3n) is 4.33. The average molecular weight is 303 g/mol. The number of likely N-dealkylation sites (N-methyl/N-ethyl adjacent to an activating group) is 1. The van der Waals surface area contributed by atoms with Gasteiger partial charge in [0.2, 0.25) is 5.91 Å². The summed E-state index contributed by atoms with van der Waals surface area (Å²) in [5, 5.41) is 10.4. The van der Waals surface area contributed by atoms with Crippen LogP contribution >= 0.6 is 0 Å². The summed E-state index contributed by atoms with van der Waals surface area (Å²) in [5.74, 6) is 0.720. The number of carbonyl (C=O) groups excluding carboxylic acids is 1. The summed E-state index contributed by atoms with van der Waals surface area (Å²) in [4.78, 5) is 13.9. The highest BCUT2D eigenvalue weighted by Crippen LogP contribution is 2.30. The van der Waals surface area contributed by atoms with Crippen LogP contribution in [0.25, 0.3) is 5.57 Å². The number of rotatable bonds is 5. The van der Waals surface area contributed by atoms with Crippen LogP contribution in [-0.4, -0.2) is 42.2 Å². The summed E-state index contributed by atoms with van der Waals surface area (Å²) in [7, 11) is 3.38. The molecule has 0 heterocycles. The minimum Gasteiger partial charge on any atom is -0.497 e. The molecule has 120 valence electrons. The molecule has 1 aliphatic carbocycles. The molecule has 1 N–H and O–H groups in total. The molecule has 4 nitrogen and oxygen atoms in total. The van der Waals surface area contributed by atoms with Crippen LogP contribution in [0.5, 0.6) is 5.75 Å². The van der Waals surface area contributed by atoms with Crippen molar-refractivity contribution in [2.24, 2.45) is 0 Å². The summed E-state index contributed by atoms with van der Waals surface area (Å²) in [5.41, 5.74) is 1.19. The third kappa shape index (κ3) is 4.10. The van der Waals surface area contributed by atoms with E-state index in [2.05, 4.69) is 0 Å². The highest BCUT2D eigenvalue weighted by Gasteiger charge is 2.33. The normalized spacial score (nSPS) is 17.4. The third-order valence-corrected chi connectivity index (χ3v) is 4.33. The van der Waals surface area contributed by atoms with Crippen molar-refractivity contribution in [1.29, 1.82) is 0 Å². The molecule has 1 aromatic rings.